The number of benzene rings is 1. The highest BCUT2D eigenvalue weighted by Crippen LogP contribution is 2.35. The Hall–Kier alpha value is -3.42. The first-order valence-electron chi connectivity index (χ1n) is 8.44. The molecular formula is C19H21N5O3. The molecular weight excluding hydrogens is 346 g/mol. The number of aromatic nitrogens is 3. The third kappa shape index (κ3) is 3.74. The lowest BCUT2D eigenvalue weighted by Gasteiger charge is -2.15. The minimum Gasteiger partial charge on any atom is -0.508 e. The van der Waals surface area contributed by atoms with Crippen LogP contribution in [0.3, 0.4) is 0 Å². The number of ether oxygens (including phenoxy) is 1. The fourth-order valence-corrected chi connectivity index (χ4v) is 3.11. The number of hydrogen-bond acceptors (Lipinski definition) is 7. The van der Waals surface area contributed by atoms with E-state index in [0.717, 1.165) is 11.1 Å². The number of methoxy groups -OCH3 is 1. The molecule has 0 amide bonds. The van der Waals surface area contributed by atoms with Crippen LogP contribution in [0, 0.1) is 5.41 Å². The molecule has 8 nitrogen and oxygen atoms in total. The van der Waals surface area contributed by atoms with Crippen LogP contribution in [0.2, 0.25) is 0 Å². The summed E-state index contributed by atoms with van der Waals surface area (Å²) in [6, 6.07) is 6.73. The van der Waals surface area contributed by atoms with E-state index in [-0.39, 0.29) is 23.9 Å². The molecule has 0 fully saturated rings. The number of rotatable bonds is 6. The van der Waals surface area contributed by atoms with Gasteiger partial charge in [-0.1, -0.05) is 12.1 Å². The molecule has 3 rings (SSSR count). The van der Waals surface area contributed by atoms with Crippen molar-refractivity contribution in [3.05, 3.63) is 36.8 Å². The van der Waals surface area contributed by atoms with Gasteiger partial charge in [0.1, 0.15) is 23.5 Å². The van der Waals surface area contributed by atoms with Gasteiger partial charge < -0.3 is 25.6 Å². The summed E-state index contributed by atoms with van der Waals surface area (Å²) in [5.74, 6) is 0.0576. The number of hydrogen-bond donors (Lipinski definition) is 3. The summed E-state index contributed by atoms with van der Waals surface area (Å²) >= 11 is 0. The van der Waals surface area contributed by atoms with Crippen LogP contribution in [0.25, 0.3) is 22.2 Å². The summed E-state index contributed by atoms with van der Waals surface area (Å²) in [7, 11) is 1.31. The predicted molar refractivity (Wildman–Crippen MR) is 103 cm³/mol. The van der Waals surface area contributed by atoms with Crippen molar-refractivity contribution in [3.63, 3.8) is 0 Å². The predicted octanol–water partition coefficient (Wildman–Crippen LogP) is 2.92. The fourth-order valence-electron chi connectivity index (χ4n) is 3.11. The van der Waals surface area contributed by atoms with Crippen molar-refractivity contribution in [2.45, 2.75) is 25.8 Å². The first-order chi connectivity index (χ1) is 12.9. The highest BCUT2D eigenvalue weighted by Gasteiger charge is 2.20. The number of esters is 1. The van der Waals surface area contributed by atoms with E-state index in [1.54, 1.807) is 18.2 Å². The van der Waals surface area contributed by atoms with Crippen molar-refractivity contribution in [2.24, 2.45) is 0 Å². The average Bonchev–Trinajstić information content (AvgIpc) is 3.02. The molecule has 0 radical (unpaired) electrons. The molecule has 0 aliphatic heterocycles. The SMILES string of the molecule is COC(=O)CC(=N)CC(C)n1cc(-c2cccc(O)c2)c2c(N)ncnc21. The Labute approximate surface area is 156 Å². The van der Waals surface area contributed by atoms with Crippen LogP contribution in [0.15, 0.2) is 36.8 Å². The maximum atomic E-state index is 11.4. The highest BCUT2D eigenvalue weighted by molar-refractivity contribution is 6.01. The second-order valence-electron chi connectivity index (χ2n) is 6.37. The van der Waals surface area contributed by atoms with Gasteiger partial charge in [-0.05, 0) is 24.6 Å². The molecule has 0 bridgehead atoms. The number of phenolic OH excluding ortho intramolecular Hbond substituents is 1. The Balaban J connectivity index is 2.03. The van der Waals surface area contributed by atoms with E-state index in [4.69, 9.17) is 11.1 Å². The van der Waals surface area contributed by atoms with Crippen LogP contribution < -0.4 is 5.73 Å². The third-order valence-corrected chi connectivity index (χ3v) is 4.40. The number of nitrogens with zero attached hydrogens (tertiary/aromatic N) is 3. The van der Waals surface area contributed by atoms with Crippen molar-refractivity contribution in [1.82, 2.24) is 14.5 Å². The number of nitrogens with one attached hydrogen (secondary N) is 1. The molecule has 0 saturated heterocycles. The lowest BCUT2D eigenvalue weighted by Crippen LogP contribution is -2.14. The van der Waals surface area contributed by atoms with Crippen LogP contribution in [0.5, 0.6) is 5.75 Å². The summed E-state index contributed by atoms with van der Waals surface area (Å²) in [5, 5.41) is 18.6. The lowest BCUT2D eigenvalue weighted by molar-refractivity contribution is -0.139. The first kappa shape index (κ1) is 18.4. The highest BCUT2D eigenvalue weighted by atomic mass is 16.5. The van der Waals surface area contributed by atoms with Crippen molar-refractivity contribution < 1.29 is 14.6 Å². The fraction of sp³-hybridized carbons (Fsp3) is 0.263. The molecule has 2 aromatic heterocycles. The zero-order valence-corrected chi connectivity index (χ0v) is 15.1. The Morgan fingerprint density at radius 2 is 2.19 bits per heavy atom. The van der Waals surface area contributed by atoms with Crippen LogP contribution >= 0.6 is 0 Å². The van der Waals surface area contributed by atoms with Crippen molar-refractivity contribution in [3.8, 4) is 16.9 Å². The number of phenols is 1. The molecule has 0 saturated carbocycles. The van der Waals surface area contributed by atoms with Gasteiger partial charge in [-0.25, -0.2) is 9.97 Å². The number of nitrogen functional groups attached to an aromatic ring is 1. The molecule has 1 unspecified atom stereocenters. The Morgan fingerprint density at radius 1 is 1.41 bits per heavy atom. The summed E-state index contributed by atoms with van der Waals surface area (Å²) < 4.78 is 6.54. The molecule has 4 N–H and O–H groups in total. The molecule has 140 valence electrons. The molecule has 0 aliphatic carbocycles. The Morgan fingerprint density at radius 3 is 2.89 bits per heavy atom. The molecule has 1 aromatic carbocycles. The molecule has 0 aliphatic rings. The number of aromatic hydroxyl groups is 1. The average molecular weight is 367 g/mol. The maximum Gasteiger partial charge on any atom is 0.311 e. The summed E-state index contributed by atoms with van der Waals surface area (Å²) in [5.41, 5.74) is 8.60. The van der Waals surface area contributed by atoms with Crippen molar-refractivity contribution >= 4 is 28.5 Å². The van der Waals surface area contributed by atoms with Crippen molar-refractivity contribution in [2.75, 3.05) is 12.8 Å². The van der Waals surface area contributed by atoms with Gasteiger partial charge in [0.25, 0.3) is 0 Å². The molecule has 8 heteroatoms. The zero-order chi connectivity index (χ0) is 19.6. The molecule has 2 heterocycles. The quantitative estimate of drug-likeness (QED) is 0.454. The van der Waals surface area contributed by atoms with E-state index in [1.165, 1.54) is 13.4 Å². The first-order valence-corrected chi connectivity index (χ1v) is 8.44. The van der Waals surface area contributed by atoms with Gasteiger partial charge in [0.15, 0.2) is 0 Å². The second-order valence-corrected chi connectivity index (χ2v) is 6.37. The van der Waals surface area contributed by atoms with Gasteiger partial charge in [0, 0.05) is 29.9 Å². The van der Waals surface area contributed by atoms with Crippen LogP contribution in [-0.2, 0) is 9.53 Å². The molecule has 0 spiro atoms. The van der Waals surface area contributed by atoms with Crippen molar-refractivity contribution in [1.29, 1.82) is 5.41 Å². The van der Waals surface area contributed by atoms with Crippen LogP contribution in [0.1, 0.15) is 25.8 Å². The van der Waals surface area contributed by atoms with E-state index >= 15 is 0 Å². The number of anilines is 1. The van der Waals surface area contributed by atoms with Gasteiger partial charge in [-0.2, -0.15) is 0 Å². The van der Waals surface area contributed by atoms with Gasteiger partial charge in [-0.3, -0.25) is 4.79 Å². The summed E-state index contributed by atoms with van der Waals surface area (Å²) in [6.07, 6.45) is 3.60. The minimum atomic E-state index is -0.434. The van der Waals surface area contributed by atoms with Gasteiger partial charge in [-0.15, -0.1) is 0 Å². The number of fused-ring (bicyclic) bond motifs is 1. The smallest absolute Gasteiger partial charge is 0.311 e. The summed E-state index contributed by atoms with van der Waals surface area (Å²) in [4.78, 5) is 19.8. The van der Waals surface area contributed by atoms with E-state index < -0.39 is 5.97 Å². The second kappa shape index (κ2) is 7.45. The molecule has 3 aromatic rings. The summed E-state index contributed by atoms with van der Waals surface area (Å²) in [6.45, 7) is 1.94. The van der Waals surface area contributed by atoms with E-state index in [9.17, 15) is 9.90 Å². The maximum absolute atomic E-state index is 11.4. The number of nitrogens with two attached hydrogens (primary N) is 1. The lowest BCUT2D eigenvalue weighted by atomic mass is 10.1. The van der Waals surface area contributed by atoms with Gasteiger partial charge >= 0.3 is 5.97 Å². The number of carbonyl (C=O) groups is 1. The van der Waals surface area contributed by atoms with E-state index in [2.05, 4.69) is 14.7 Å². The Bertz CT molecular complexity index is 1010. The van der Waals surface area contributed by atoms with E-state index in [1.807, 2.05) is 23.8 Å². The van der Waals surface area contributed by atoms with E-state index in [0.29, 0.717) is 23.3 Å². The topological polar surface area (TPSA) is 127 Å². The Kier molecular flexibility index (Phi) is 5.07. The minimum absolute atomic E-state index is 0.0451. The molecule has 1 atom stereocenters. The zero-order valence-electron chi connectivity index (χ0n) is 15.1. The van der Waals surface area contributed by atoms with Crippen LogP contribution in [0.4, 0.5) is 5.82 Å². The number of carbonyl (C=O) groups excluding carboxylic acids is 1. The third-order valence-electron chi connectivity index (χ3n) is 4.40. The normalized spacial score (nSPS) is 12.1. The standard InChI is InChI=1S/C19H21N5O3/c1-11(6-13(20)8-16(26)27-2)24-9-15(12-4-3-5-14(25)7-12)17-18(21)22-10-23-19(17)24/h3-5,7,9-11,20,25H,6,8H2,1-2H3,(H2,21,22,23). The largest absolute Gasteiger partial charge is 0.508 e. The van der Waals surface area contributed by atoms with Gasteiger partial charge in [0.2, 0.25) is 0 Å². The monoisotopic (exact) mass is 367 g/mol. The molecule has 27 heavy (non-hydrogen) atoms. The van der Waals surface area contributed by atoms with Gasteiger partial charge in [0.05, 0.1) is 18.9 Å². The van der Waals surface area contributed by atoms with Crippen LogP contribution in [-0.4, -0.2) is 38.4 Å².